The molecule has 106 valence electrons. The van der Waals surface area contributed by atoms with E-state index in [-0.39, 0.29) is 27.7 Å². The molecule has 0 aromatic heterocycles. The van der Waals surface area contributed by atoms with Gasteiger partial charge in [0.25, 0.3) is 5.91 Å². The molecule has 0 saturated carbocycles. The van der Waals surface area contributed by atoms with Crippen LogP contribution in [0, 0.1) is 23.0 Å². The van der Waals surface area contributed by atoms with Crippen LogP contribution in [0.25, 0.3) is 0 Å². The van der Waals surface area contributed by atoms with Crippen molar-refractivity contribution < 1.29 is 13.6 Å². The average molecular weight is 351 g/mol. The number of rotatable bonds is 3. The van der Waals surface area contributed by atoms with Gasteiger partial charge in [0.2, 0.25) is 0 Å². The van der Waals surface area contributed by atoms with Crippen LogP contribution >= 0.6 is 15.9 Å². The van der Waals surface area contributed by atoms with Crippen molar-refractivity contribution >= 4 is 21.8 Å². The van der Waals surface area contributed by atoms with E-state index in [4.69, 9.17) is 5.26 Å². The number of nitriles is 1. The molecule has 0 aliphatic heterocycles. The van der Waals surface area contributed by atoms with Crippen molar-refractivity contribution in [1.82, 2.24) is 5.32 Å². The zero-order valence-electron chi connectivity index (χ0n) is 10.7. The van der Waals surface area contributed by atoms with Gasteiger partial charge in [-0.25, -0.2) is 8.78 Å². The Balaban J connectivity index is 2.11. The highest BCUT2D eigenvalue weighted by atomic mass is 79.9. The first-order valence-electron chi connectivity index (χ1n) is 5.93. The number of carbonyl (C=O) groups excluding carboxylic acids is 1. The highest BCUT2D eigenvalue weighted by Gasteiger charge is 2.13. The van der Waals surface area contributed by atoms with Crippen LogP contribution in [-0.4, -0.2) is 5.91 Å². The molecule has 1 amide bonds. The number of carbonyl (C=O) groups is 1. The number of halogens is 3. The molecule has 0 aliphatic rings. The standard InChI is InChI=1S/C15H9BrF2N2O/c16-14-11(2-1-3-12(14)17)15(21)20-8-10-5-4-9(7-19)6-13(10)18/h1-6H,8H2,(H,20,21). The lowest BCUT2D eigenvalue weighted by atomic mass is 10.1. The third kappa shape index (κ3) is 3.44. The van der Waals surface area contributed by atoms with Gasteiger partial charge in [-0.1, -0.05) is 12.1 Å². The van der Waals surface area contributed by atoms with E-state index >= 15 is 0 Å². The molecule has 0 atom stereocenters. The fraction of sp³-hybridized carbons (Fsp3) is 0.0667. The maximum atomic E-state index is 13.7. The second kappa shape index (κ2) is 6.46. The smallest absolute Gasteiger partial charge is 0.252 e. The van der Waals surface area contributed by atoms with Gasteiger partial charge in [0.15, 0.2) is 0 Å². The minimum absolute atomic E-state index is 0.0562. The van der Waals surface area contributed by atoms with E-state index in [2.05, 4.69) is 21.2 Å². The summed E-state index contributed by atoms with van der Waals surface area (Å²) in [5, 5.41) is 11.2. The van der Waals surface area contributed by atoms with Gasteiger partial charge in [-0.3, -0.25) is 4.79 Å². The van der Waals surface area contributed by atoms with Crippen molar-refractivity contribution in [3.63, 3.8) is 0 Å². The largest absolute Gasteiger partial charge is 0.348 e. The van der Waals surface area contributed by atoms with E-state index < -0.39 is 17.5 Å². The van der Waals surface area contributed by atoms with Crippen LogP contribution in [0.3, 0.4) is 0 Å². The molecule has 0 unspecified atom stereocenters. The zero-order valence-corrected chi connectivity index (χ0v) is 12.2. The molecule has 1 N–H and O–H groups in total. The summed E-state index contributed by atoms with van der Waals surface area (Å²) >= 11 is 2.99. The highest BCUT2D eigenvalue weighted by molar-refractivity contribution is 9.10. The summed E-state index contributed by atoms with van der Waals surface area (Å²) < 4.78 is 27.1. The molecule has 0 heterocycles. The first-order chi connectivity index (χ1) is 10.0. The van der Waals surface area contributed by atoms with Crippen LogP contribution in [0.4, 0.5) is 8.78 Å². The Morgan fingerprint density at radius 1 is 1.24 bits per heavy atom. The van der Waals surface area contributed by atoms with Crippen LogP contribution in [0.2, 0.25) is 0 Å². The predicted molar refractivity (Wildman–Crippen MR) is 76.4 cm³/mol. The zero-order chi connectivity index (χ0) is 15.4. The molecule has 0 spiro atoms. The Hall–Kier alpha value is -2.26. The van der Waals surface area contributed by atoms with Gasteiger partial charge >= 0.3 is 0 Å². The van der Waals surface area contributed by atoms with Crippen LogP contribution < -0.4 is 5.32 Å². The van der Waals surface area contributed by atoms with Gasteiger partial charge < -0.3 is 5.32 Å². The topological polar surface area (TPSA) is 52.9 Å². The first-order valence-corrected chi connectivity index (χ1v) is 6.73. The van der Waals surface area contributed by atoms with E-state index in [1.54, 1.807) is 0 Å². The lowest BCUT2D eigenvalue weighted by Crippen LogP contribution is -2.24. The Kier molecular flexibility index (Phi) is 4.66. The van der Waals surface area contributed by atoms with E-state index in [1.807, 2.05) is 6.07 Å². The molecular weight excluding hydrogens is 342 g/mol. The lowest BCUT2D eigenvalue weighted by Gasteiger charge is -2.08. The monoisotopic (exact) mass is 350 g/mol. The highest BCUT2D eigenvalue weighted by Crippen LogP contribution is 2.20. The molecule has 21 heavy (non-hydrogen) atoms. The van der Waals surface area contributed by atoms with Crippen molar-refractivity contribution in [3.05, 3.63) is 69.2 Å². The maximum absolute atomic E-state index is 13.7. The van der Waals surface area contributed by atoms with Gasteiger partial charge in [-0.05, 0) is 40.2 Å². The summed E-state index contributed by atoms with van der Waals surface area (Å²) in [6.45, 7) is -0.0562. The van der Waals surface area contributed by atoms with E-state index in [9.17, 15) is 13.6 Å². The molecule has 0 saturated heterocycles. The quantitative estimate of drug-likeness (QED) is 0.920. The van der Waals surface area contributed by atoms with Crippen LogP contribution in [0.15, 0.2) is 40.9 Å². The van der Waals surface area contributed by atoms with Crippen molar-refractivity contribution in [1.29, 1.82) is 5.26 Å². The normalized spacial score (nSPS) is 10.0. The van der Waals surface area contributed by atoms with Crippen molar-refractivity contribution in [2.75, 3.05) is 0 Å². The first kappa shape index (κ1) is 15.1. The molecule has 2 aromatic carbocycles. The number of nitrogens with zero attached hydrogens (tertiary/aromatic N) is 1. The van der Waals surface area contributed by atoms with E-state index in [1.165, 1.54) is 30.3 Å². The number of hydrogen-bond donors (Lipinski definition) is 1. The maximum Gasteiger partial charge on any atom is 0.252 e. The summed E-state index contributed by atoms with van der Waals surface area (Å²) in [6.07, 6.45) is 0. The minimum Gasteiger partial charge on any atom is -0.348 e. The summed E-state index contributed by atoms with van der Waals surface area (Å²) in [6, 6.07) is 9.90. The molecule has 3 nitrogen and oxygen atoms in total. The molecule has 0 radical (unpaired) electrons. The summed E-state index contributed by atoms with van der Waals surface area (Å²) in [7, 11) is 0. The molecule has 0 fully saturated rings. The lowest BCUT2D eigenvalue weighted by molar-refractivity contribution is 0.0949. The summed E-state index contributed by atoms with van der Waals surface area (Å²) in [5.74, 6) is -1.65. The Morgan fingerprint density at radius 3 is 2.67 bits per heavy atom. The van der Waals surface area contributed by atoms with Crippen molar-refractivity contribution in [3.8, 4) is 6.07 Å². The van der Waals surface area contributed by atoms with Crippen LogP contribution in [0.1, 0.15) is 21.5 Å². The average Bonchev–Trinajstić information content (AvgIpc) is 2.48. The van der Waals surface area contributed by atoms with Gasteiger partial charge in [0, 0.05) is 12.1 Å². The predicted octanol–water partition coefficient (Wildman–Crippen LogP) is 3.53. The molecule has 6 heteroatoms. The SMILES string of the molecule is N#Cc1ccc(CNC(=O)c2cccc(F)c2Br)c(F)c1. The third-order valence-corrected chi connectivity index (χ3v) is 3.62. The second-order valence-electron chi connectivity index (χ2n) is 4.20. The molecule has 0 aliphatic carbocycles. The number of amides is 1. The van der Waals surface area contributed by atoms with Crippen LogP contribution in [-0.2, 0) is 6.54 Å². The van der Waals surface area contributed by atoms with E-state index in [0.29, 0.717) is 0 Å². The Bertz CT molecular complexity index is 741. The third-order valence-electron chi connectivity index (χ3n) is 2.82. The van der Waals surface area contributed by atoms with E-state index in [0.717, 1.165) is 6.07 Å². The number of nitrogens with one attached hydrogen (secondary N) is 1. The van der Waals surface area contributed by atoms with Gasteiger partial charge in [0.05, 0.1) is 21.7 Å². The summed E-state index contributed by atoms with van der Waals surface area (Å²) in [4.78, 5) is 11.9. The fourth-order valence-electron chi connectivity index (χ4n) is 1.71. The van der Waals surface area contributed by atoms with Crippen molar-refractivity contribution in [2.24, 2.45) is 0 Å². The second-order valence-corrected chi connectivity index (χ2v) is 5.00. The molecule has 2 aromatic rings. The van der Waals surface area contributed by atoms with Gasteiger partial charge in [-0.2, -0.15) is 5.26 Å². The number of hydrogen-bond acceptors (Lipinski definition) is 2. The number of benzene rings is 2. The van der Waals surface area contributed by atoms with Crippen LogP contribution in [0.5, 0.6) is 0 Å². The molecule has 2 rings (SSSR count). The minimum atomic E-state index is -0.576. The summed E-state index contributed by atoms with van der Waals surface area (Å²) in [5.41, 5.74) is 0.578. The Labute approximate surface area is 128 Å². The van der Waals surface area contributed by atoms with Crippen molar-refractivity contribution in [2.45, 2.75) is 6.54 Å². The molecule has 0 bridgehead atoms. The molecular formula is C15H9BrF2N2O. The Morgan fingerprint density at radius 2 is 2.00 bits per heavy atom. The van der Waals surface area contributed by atoms with Gasteiger partial charge in [0.1, 0.15) is 11.6 Å². The van der Waals surface area contributed by atoms with Gasteiger partial charge in [-0.15, -0.1) is 0 Å². The fourth-order valence-corrected chi connectivity index (χ4v) is 2.15.